The van der Waals surface area contributed by atoms with E-state index >= 15 is 0 Å². The van der Waals surface area contributed by atoms with Crippen molar-refractivity contribution in [2.75, 3.05) is 17.3 Å². The Hall–Kier alpha value is -1.30. The lowest BCUT2D eigenvalue weighted by Gasteiger charge is -2.13. The van der Waals surface area contributed by atoms with Crippen LogP contribution in [-0.2, 0) is 0 Å². The zero-order chi connectivity index (χ0) is 12.0. The molecular weight excluding hydrogens is 226 g/mol. The quantitative estimate of drug-likeness (QED) is 0.790. The number of carbonyl (C=O) groups is 1. The molecule has 88 valence electrons. The molecule has 0 saturated heterocycles. The Morgan fingerprint density at radius 3 is 2.81 bits per heavy atom. The van der Waals surface area contributed by atoms with Gasteiger partial charge in [-0.2, -0.15) is 11.8 Å². The topological polar surface area (TPSA) is 75.1 Å². The number of thioether (sulfide) groups is 1. The summed E-state index contributed by atoms with van der Waals surface area (Å²) in [7, 11) is 0. The van der Waals surface area contributed by atoms with Gasteiger partial charge in [0.15, 0.2) is 5.69 Å². The average Bonchev–Trinajstić information content (AvgIpc) is 2.27. The zero-order valence-corrected chi connectivity index (χ0v) is 10.1. The van der Waals surface area contributed by atoms with E-state index in [-0.39, 0.29) is 5.69 Å². The van der Waals surface area contributed by atoms with Gasteiger partial charge in [0.05, 0.1) is 12.4 Å². The number of hydrogen-bond acceptors (Lipinski definition) is 5. The number of rotatable bonds is 6. The monoisotopic (exact) mass is 241 g/mol. The lowest BCUT2D eigenvalue weighted by molar-refractivity contribution is 0.0690. The molecule has 5 nitrogen and oxygen atoms in total. The Bertz CT molecular complexity index is 342. The van der Waals surface area contributed by atoms with Crippen LogP contribution in [-0.4, -0.2) is 39.1 Å². The van der Waals surface area contributed by atoms with Gasteiger partial charge in [-0.05, 0) is 25.4 Å². The minimum Gasteiger partial charge on any atom is -0.476 e. The van der Waals surface area contributed by atoms with Crippen LogP contribution >= 0.6 is 11.8 Å². The van der Waals surface area contributed by atoms with E-state index in [2.05, 4.69) is 28.5 Å². The fraction of sp³-hybridized carbons (Fsp3) is 0.500. The van der Waals surface area contributed by atoms with E-state index in [0.717, 1.165) is 12.2 Å². The largest absolute Gasteiger partial charge is 0.476 e. The van der Waals surface area contributed by atoms with Crippen molar-refractivity contribution < 1.29 is 9.90 Å². The highest BCUT2D eigenvalue weighted by Gasteiger charge is 2.06. The number of aromatic carboxylic acids is 1. The molecular formula is C10H15N3O2S. The summed E-state index contributed by atoms with van der Waals surface area (Å²) in [6, 6.07) is 0.303. The molecule has 0 aliphatic rings. The van der Waals surface area contributed by atoms with Crippen LogP contribution in [0.15, 0.2) is 12.4 Å². The molecule has 0 fully saturated rings. The van der Waals surface area contributed by atoms with E-state index in [4.69, 9.17) is 5.11 Å². The number of carboxylic acids is 1. The average molecular weight is 241 g/mol. The first kappa shape index (κ1) is 12.8. The number of aromatic nitrogens is 2. The van der Waals surface area contributed by atoms with Gasteiger partial charge in [0.1, 0.15) is 5.82 Å². The first-order valence-corrected chi connectivity index (χ1v) is 6.33. The highest BCUT2D eigenvalue weighted by molar-refractivity contribution is 7.98. The fourth-order valence-corrected chi connectivity index (χ4v) is 1.72. The Morgan fingerprint density at radius 1 is 1.56 bits per heavy atom. The van der Waals surface area contributed by atoms with Crippen LogP contribution in [0.4, 0.5) is 5.82 Å². The van der Waals surface area contributed by atoms with Crippen molar-refractivity contribution in [3.05, 3.63) is 18.1 Å². The maximum Gasteiger partial charge on any atom is 0.356 e. The number of anilines is 1. The number of carboxylic acid groups (broad SMARTS) is 1. The molecule has 0 amide bonds. The number of nitrogens with zero attached hydrogens (tertiary/aromatic N) is 2. The Morgan fingerprint density at radius 2 is 2.31 bits per heavy atom. The van der Waals surface area contributed by atoms with Gasteiger partial charge in [-0.25, -0.2) is 14.8 Å². The van der Waals surface area contributed by atoms with Crippen LogP contribution in [0.25, 0.3) is 0 Å². The van der Waals surface area contributed by atoms with Crippen molar-refractivity contribution in [2.24, 2.45) is 0 Å². The second-order valence-electron chi connectivity index (χ2n) is 3.42. The number of hydrogen-bond donors (Lipinski definition) is 2. The van der Waals surface area contributed by atoms with Gasteiger partial charge in [-0.15, -0.1) is 0 Å². The summed E-state index contributed by atoms with van der Waals surface area (Å²) in [6.07, 6.45) is 5.79. The lowest BCUT2D eigenvalue weighted by atomic mass is 10.2. The molecule has 1 rings (SSSR count). The highest BCUT2D eigenvalue weighted by atomic mass is 32.2. The maximum absolute atomic E-state index is 10.6. The second kappa shape index (κ2) is 6.32. The second-order valence-corrected chi connectivity index (χ2v) is 4.40. The SMILES string of the molecule is CSCCC(C)Nc1cnc(C(=O)O)cn1. The molecule has 1 atom stereocenters. The zero-order valence-electron chi connectivity index (χ0n) is 9.30. The molecule has 0 saturated carbocycles. The fourth-order valence-electron chi connectivity index (χ4n) is 1.13. The maximum atomic E-state index is 10.6. The molecule has 0 bridgehead atoms. The molecule has 1 aromatic rings. The predicted octanol–water partition coefficient (Wildman–Crippen LogP) is 1.73. The molecule has 16 heavy (non-hydrogen) atoms. The summed E-state index contributed by atoms with van der Waals surface area (Å²) in [4.78, 5) is 18.3. The van der Waals surface area contributed by atoms with Crippen LogP contribution in [0, 0.1) is 0 Å². The van der Waals surface area contributed by atoms with Gasteiger partial charge in [0.25, 0.3) is 0 Å². The summed E-state index contributed by atoms with van der Waals surface area (Å²) >= 11 is 1.79. The van der Waals surface area contributed by atoms with E-state index in [9.17, 15) is 4.79 Å². The predicted molar refractivity (Wildman–Crippen MR) is 65.1 cm³/mol. The standard InChI is InChI=1S/C10H15N3O2S/c1-7(3-4-16-2)13-9-6-11-8(5-12-9)10(14)15/h5-7H,3-4H2,1-2H3,(H,12,13)(H,14,15). The van der Waals surface area contributed by atoms with Gasteiger partial charge in [-0.1, -0.05) is 0 Å². The van der Waals surface area contributed by atoms with E-state index in [1.54, 1.807) is 11.8 Å². The van der Waals surface area contributed by atoms with E-state index in [0.29, 0.717) is 11.9 Å². The van der Waals surface area contributed by atoms with Crippen LogP contribution in [0.1, 0.15) is 23.8 Å². The molecule has 2 N–H and O–H groups in total. The highest BCUT2D eigenvalue weighted by Crippen LogP contribution is 2.07. The van der Waals surface area contributed by atoms with Crippen LogP contribution in [0.5, 0.6) is 0 Å². The minimum atomic E-state index is -1.06. The molecule has 0 aliphatic carbocycles. The summed E-state index contributed by atoms with van der Waals surface area (Å²) in [5.41, 5.74) is -0.0395. The van der Waals surface area contributed by atoms with Crippen LogP contribution in [0.2, 0.25) is 0 Å². The van der Waals surface area contributed by atoms with Crippen LogP contribution < -0.4 is 5.32 Å². The Labute approximate surface area is 98.7 Å². The number of nitrogens with one attached hydrogen (secondary N) is 1. The first-order valence-electron chi connectivity index (χ1n) is 4.94. The molecule has 0 radical (unpaired) electrons. The van der Waals surface area contributed by atoms with Crippen molar-refractivity contribution in [3.63, 3.8) is 0 Å². The molecule has 1 unspecified atom stereocenters. The smallest absolute Gasteiger partial charge is 0.356 e. The van der Waals surface area contributed by atoms with Crippen molar-refractivity contribution in [1.29, 1.82) is 0 Å². The first-order chi connectivity index (χ1) is 7.63. The minimum absolute atomic E-state index is 0.0395. The van der Waals surface area contributed by atoms with Crippen molar-refractivity contribution in [1.82, 2.24) is 9.97 Å². The molecule has 6 heteroatoms. The van der Waals surface area contributed by atoms with Gasteiger partial charge >= 0.3 is 5.97 Å². The van der Waals surface area contributed by atoms with Crippen molar-refractivity contribution in [2.45, 2.75) is 19.4 Å². The van der Waals surface area contributed by atoms with Gasteiger partial charge in [-0.3, -0.25) is 0 Å². The van der Waals surface area contributed by atoms with E-state index in [1.165, 1.54) is 12.4 Å². The van der Waals surface area contributed by atoms with Crippen molar-refractivity contribution in [3.8, 4) is 0 Å². The molecule has 1 heterocycles. The third-order valence-electron chi connectivity index (χ3n) is 2.02. The van der Waals surface area contributed by atoms with E-state index < -0.39 is 5.97 Å². The third-order valence-corrected chi connectivity index (χ3v) is 2.66. The third kappa shape index (κ3) is 4.06. The summed E-state index contributed by atoms with van der Waals surface area (Å²) in [5, 5.41) is 11.8. The summed E-state index contributed by atoms with van der Waals surface area (Å²) in [6.45, 7) is 2.06. The van der Waals surface area contributed by atoms with Gasteiger partial charge in [0.2, 0.25) is 0 Å². The Balaban J connectivity index is 2.51. The summed E-state index contributed by atoms with van der Waals surface area (Å²) < 4.78 is 0. The Kier molecular flexibility index (Phi) is 5.04. The normalized spacial score (nSPS) is 12.1. The molecule has 0 spiro atoms. The molecule has 0 aromatic carbocycles. The molecule has 1 aromatic heterocycles. The van der Waals surface area contributed by atoms with Crippen molar-refractivity contribution >= 4 is 23.5 Å². The summed E-state index contributed by atoms with van der Waals surface area (Å²) in [5.74, 6) is 0.627. The van der Waals surface area contributed by atoms with E-state index in [1.807, 2.05) is 0 Å². The lowest BCUT2D eigenvalue weighted by Crippen LogP contribution is -2.17. The molecule has 0 aliphatic heterocycles. The van der Waals surface area contributed by atoms with Gasteiger partial charge < -0.3 is 10.4 Å². The van der Waals surface area contributed by atoms with Gasteiger partial charge in [0, 0.05) is 6.04 Å². The van der Waals surface area contributed by atoms with Crippen LogP contribution in [0.3, 0.4) is 0 Å².